The van der Waals surface area contributed by atoms with Crippen LogP contribution in [0.5, 0.6) is 0 Å². The van der Waals surface area contributed by atoms with Crippen molar-refractivity contribution in [3.05, 3.63) is 36.0 Å². The van der Waals surface area contributed by atoms with E-state index in [9.17, 15) is 26.3 Å². The largest absolute Gasteiger partial charge is 0.421 e. The summed E-state index contributed by atoms with van der Waals surface area (Å²) in [5.74, 6) is -0.693. The Hall–Kier alpha value is -2.72. The van der Waals surface area contributed by atoms with E-state index in [4.69, 9.17) is 0 Å². The average molecular weight is 445 g/mol. The molecule has 11 heteroatoms. The van der Waals surface area contributed by atoms with Crippen LogP contribution in [0, 0.1) is 0 Å². The minimum Gasteiger partial charge on any atom is -0.369 e. The van der Waals surface area contributed by atoms with Gasteiger partial charge in [0.1, 0.15) is 17.6 Å². The smallest absolute Gasteiger partial charge is 0.369 e. The third kappa shape index (κ3) is 4.80. The molecule has 0 amide bonds. The Morgan fingerprint density at radius 3 is 2.23 bits per heavy atom. The molecule has 4 rings (SSSR count). The summed E-state index contributed by atoms with van der Waals surface area (Å²) in [4.78, 5) is 10.5. The first-order valence-electron chi connectivity index (χ1n) is 9.94. The third-order valence-electron chi connectivity index (χ3n) is 5.41. The van der Waals surface area contributed by atoms with E-state index < -0.39 is 49.2 Å². The summed E-state index contributed by atoms with van der Waals surface area (Å²) in [7, 11) is 0. The first kappa shape index (κ1) is 21.5. The van der Waals surface area contributed by atoms with Gasteiger partial charge in [-0.2, -0.15) is 18.2 Å². The molecule has 0 spiro atoms. The summed E-state index contributed by atoms with van der Waals surface area (Å²) in [5.41, 5.74) is 0.193. The summed E-state index contributed by atoms with van der Waals surface area (Å²) >= 11 is 0. The molecule has 168 valence electrons. The maximum Gasteiger partial charge on any atom is 0.421 e. The zero-order valence-electron chi connectivity index (χ0n) is 16.4. The van der Waals surface area contributed by atoms with Crippen molar-refractivity contribution in [1.82, 2.24) is 9.97 Å². The Balaban J connectivity index is 1.54. The highest BCUT2D eigenvalue weighted by Crippen LogP contribution is 2.37. The van der Waals surface area contributed by atoms with Crippen LogP contribution >= 0.6 is 0 Å². The average Bonchev–Trinajstić information content (AvgIpc) is 3.06. The van der Waals surface area contributed by atoms with Crippen molar-refractivity contribution in [2.45, 2.75) is 37.5 Å². The van der Waals surface area contributed by atoms with E-state index in [1.165, 1.54) is 0 Å². The van der Waals surface area contributed by atoms with Gasteiger partial charge in [-0.1, -0.05) is 0 Å². The summed E-state index contributed by atoms with van der Waals surface area (Å²) in [5, 5.41) is 2.81. The number of benzene rings is 1. The molecule has 2 aromatic rings. The van der Waals surface area contributed by atoms with Crippen LogP contribution in [0.4, 0.5) is 49.5 Å². The van der Waals surface area contributed by atoms with Gasteiger partial charge in [0.05, 0.1) is 13.1 Å². The Labute approximate surface area is 175 Å². The number of nitrogens with zero attached hydrogens (tertiary/aromatic N) is 4. The molecule has 2 saturated heterocycles. The molecule has 1 aromatic carbocycles. The molecule has 2 fully saturated rings. The standard InChI is InChI=1S/C20H21F6N5/c21-12-2-1-7-30(9-12)14-5-3-13(4-6-14)28-19-27-8-15(20(24,25)26)18(29-19)31-10-16(22)17(23)11-31/h3-6,8,12,16-17H,1-2,7,9-11H2,(H,27,28,29)/t12?,16-,17-/m0/s1. The van der Waals surface area contributed by atoms with Gasteiger partial charge in [0, 0.05) is 30.7 Å². The molecule has 0 bridgehead atoms. The van der Waals surface area contributed by atoms with Crippen molar-refractivity contribution in [2.75, 3.05) is 41.3 Å². The molecule has 1 aromatic heterocycles. The molecular weight excluding hydrogens is 424 g/mol. The minimum atomic E-state index is -4.77. The Bertz CT molecular complexity index is 896. The first-order valence-corrected chi connectivity index (χ1v) is 9.94. The lowest BCUT2D eigenvalue weighted by Gasteiger charge is -2.31. The van der Waals surface area contributed by atoms with Crippen molar-refractivity contribution in [2.24, 2.45) is 0 Å². The van der Waals surface area contributed by atoms with Gasteiger partial charge in [-0.3, -0.25) is 0 Å². The molecule has 3 heterocycles. The number of anilines is 4. The molecule has 0 radical (unpaired) electrons. The van der Waals surface area contributed by atoms with Gasteiger partial charge < -0.3 is 15.1 Å². The second-order valence-corrected chi connectivity index (χ2v) is 7.72. The fraction of sp³-hybridized carbons (Fsp3) is 0.500. The monoisotopic (exact) mass is 445 g/mol. The number of rotatable bonds is 4. The SMILES string of the molecule is FC1CCCN(c2ccc(Nc3ncc(C(F)(F)F)c(N4C[C@H](F)[C@@H](F)C4)n3)cc2)C1. The van der Waals surface area contributed by atoms with Crippen LogP contribution in [-0.2, 0) is 6.18 Å². The second-order valence-electron chi connectivity index (χ2n) is 7.72. The van der Waals surface area contributed by atoms with Crippen LogP contribution < -0.4 is 15.1 Å². The number of piperidine rings is 1. The van der Waals surface area contributed by atoms with Crippen LogP contribution in [0.1, 0.15) is 18.4 Å². The van der Waals surface area contributed by atoms with E-state index in [0.717, 1.165) is 23.6 Å². The normalized spacial score (nSPS) is 24.5. The Kier molecular flexibility index (Phi) is 5.85. The predicted octanol–water partition coefficient (Wildman–Crippen LogP) is 4.67. The van der Waals surface area contributed by atoms with Crippen LogP contribution in [0.2, 0.25) is 0 Å². The number of alkyl halides is 6. The highest BCUT2D eigenvalue weighted by Gasteiger charge is 2.41. The summed E-state index contributed by atoms with van der Waals surface area (Å²) in [6.45, 7) is 0.0419. The van der Waals surface area contributed by atoms with Crippen LogP contribution in [0.15, 0.2) is 30.5 Å². The summed E-state index contributed by atoms with van der Waals surface area (Å²) in [6, 6.07) is 6.91. The molecule has 1 unspecified atom stereocenters. The van der Waals surface area contributed by atoms with Crippen molar-refractivity contribution < 1.29 is 26.3 Å². The molecule has 5 nitrogen and oxygen atoms in total. The van der Waals surface area contributed by atoms with Gasteiger partial charge in [0.15, 0.2) is 12.3 Å². The van der Waals surface area contributed by atoms with Crippen LogP contribution in [-0.4, -0.2) is 54.7 Å². The quantitative estimate of drug-likeness (QED) is 0.693. The molecule has 3 atom stereocenters. The second kappa shape index (κ2) is 8.43. The van der Waals surface area contributed by atoms with Crippen molar-refractivity contribution in [3.63, 3.8) is 0 Å². The van der Waals surface area contributed by atoms with Crippen LogP contribution in [0.3, 0.4) is 0 Å². The highest BCUT2D eigenvalue weighted by molar-refractivity contribution is 5.61. The number of halogens is 6. The fourth-order valence-corrected chi connectivity index (χ4v) is 3.82. The van der Waals surface area contributed by atoms with Gasteiger partial charge >= 0.3 is 6.18 Å². The van der Waals surface area contributed by atoms with E-state index in [1.807, 2.05) is 4.90 Å². The van der Waals surface area contributed by atoms with E-state index in [2.05, 4.69) is 15.3 Å². The van der Waals surface area contributed by atoms with Gasteiger partial charge in [0.25, 0.3) is 0 Å². The topological polar surface area (TPSA) is 44.3 Å². The summed E-state index contributed by atoms with van der Waals surface area (Å²) in [6.07, 6.45) is -7.47. The fourth-order valence-electron chi connectivity index (χ4n) is 3.82. The number of hydrogen-bond donors (Lipinski definition) is 1. The van der Waals surface area contributed by atoms with E-state index in [0.29, 0.717) is 24.8 Å². The number of aromatic nitrogens is 2. The van der Waals surface area contributed by atoms with E-state index >= 15 is 0 Å². The lowest BCUT2D eigenvalue weighted by molar-refractivity contribution is -0.137. The zero-order valence-corrected chi connectivity index (χ0v) is 16.4. The van der Waals surface area contributed by atoms with Gasteiger partial charge in [-0.15, -0.1) is 0 Å². The molecular formula is C20H21F6N5. The minimum absolute atomic E-state index is 0.129. The predicted molar refractivity (Wildman–Crippen MR) is 105 cm³/mol. The van der Waals surface area contributed by atoms with Crippen molar-refractivity contribution in [3.8, 4) is 0 Å². The zero-order chi connectivity index (χ0) is 22.2. The lowest BCUT2D eigenvalue weighted by Crippen LogP contribution is -2.36. The Morgan fingerprint density at radius 1 is 0.935 bits per heavy atom. The van der Waals surface area contributed by atoms with Crippen molar-refractivity contribution in [1.29, 1.82) is 0 Å². The molecule has 31 heavy (non-hydrogen) atoms. The van der Waals surface area contributed by atoms with Gasteiger partial charge in [-0.05, 0) is 37.1 Å². The van der Waals surface area contributed by atoms with E-state index in [-0.39, 0.29) is 5.95 Å². The highest BCUT2D eigenvalue weighted by atomic mass is 19.4. The lowest BCUT2D eigenvalue weighted by atomic mass is 10.1. The number of nitrogens with one attached hydrogen (secondary N) is 1. The number of hydrogen-bond acceptors (Lipinski definition) is 5. The molecule has 2 aliphatic heterocycles. The first-order chi connectivity index (χ1) is 14.7. The van der Waals surface area contributed by atoms with Crippen molar-refractivity contribution >= 4 is 23.1 Å². The third-order valence-corrected chi connectivity index (χ3v) is 5.41. The molecule has 2 aliphatic rings. The summed E-state index contributed by atoms with van der Waals surface area (Å²) < 4.78 is 80.8. The molecule has 0 saturated carbocycles. The van der Waals surface area contributed by atoms with E-state index in [1.54, 1.807) is 24.3 Å². The maximum atomic E-state index is 13.6. The Morgan fingerprint density at radius 2 is 1.61 bits per heavy atom. The maximum absolute atomic E-state index is 13.6. The van der Waals surface area contributed by atoms with Crippen LogP contribution in [0.25, 0.3) is 0 Å². The molecule has 1 N–H and O–H groups in total. The molecule has 0 aliphatic carbocycles. The van der Waals surface area contributed by atoms with Gasteiger partial charge in [0.2, 0.25) is 5.95 Å². The van der Waals surface area contributed by atoms with Gasteiger partial charge in [-0.25, -0.2) is 18.2 Å².